The Morgan fingerprint density at radius 3 is 1.34 bits per heavy atom. The number of aliphatic hydroxyl groups excluding tert-OH is 2. The number of rotatable bonds is 14. The van der Waals surface area contributed by atoms with E-state index < -0.39 is 12.2 Å². The van der Waals surface area contributed by atoms with Crippen LogP contribution in [0.3, 0.4) is 0 Å². The van der Waals surface area contributed by atoms with E-state index in [1.165, 1.54) is 0 Å². The summed E-state index contributed by atoms with van der Waals surface area (Å²) in [5.74, 6) is 2.97. The topological polar surface area (TPSA) is 116 Å². The standard InChI is InChI=1S/C39H40N4O4/c1-39(2,29-13-17-35(18-14-29)46-25-33(44)21-31-23-40-37(42-31)27-9-5-3-6-10-27)30-15-19-36(20-16-30)47-26-34(45)22-32-24-41-38(43-32)28-11-7-4-8-12-28/h3-20,23-24,33-34,44-45H,21-22,25-26H2,1-2H3,(H,40,42)(H,41,43). The Morgan fingerprint density at radius 1 is 0.574 bits per heavy atom. The van der Waals surface area contributed by atoms with Gasteiger partial charge in [0.25, 0.3) is 0 Å². The first kappa shape index (κ1) is 31.8. The number of hydrogen-bond acceptors (Lipinski definition) is 6. The van der Waals surface area contributed by atoms with Crippen LogP contribution in [0, 0.1) is 0 Å². The molecule has 8 heteroatoms. The van der Waals surface area contributed by atoms with Gasteiger partial charge in [0, 0.05) is 53.2 Å². The van der Waals surface area contributed by atoms with Gasteiger partial charge >= 0.3 is 0 Å². The lowest BCUT2D eigenvalue weighted by atomic mass is 9.78. The van der Waals surface area contributed by atoms with Gasteiger partial charge in [-0.3, -0.25) is 0 Å². The molecule has 0 bridgehead atoms. The van der Waals surface area contributed by atoms with E-state index in [9.17, 15) is 10.2 Å². The van der Waals surface area contributed by atoms with Gasteiger partial charge in [-0.25, -0.2) is 9.97 Å². The molecule has 0 aliphatic rings. The van der Waals surface area contributed by atoms with Crippen molar-refractivity contribution in [2.45, 2.75) is 44.3 Å². The first-order valence-electron chi connectivity index (χ1n) is 15.8. The zero-order valence-corrected chi connectivity index (χ0v) is 26.6. The monoisotopic (exact) mass is 628 g/mol. The predicted octanol–water partition coefficient (Wildman–Crippen LogP) is 6.76. The number of imidazole rings is 2. The Morgan fingerprint density at radius 2 is 0.957 bits per heavy atom. The lowest BCUT2D eigenvalue weighted by Gasteiger charge is -2.26. The molecule has 2 atom stereocenters. The second-order valence-electron chi connectivity index (χ2n) is 12.3. The van der Waals surface area contributed by atoms with Crippen molar-refractivity contribution >= 4 is 0 Å². The normalized spacial score (nSPS) is 12.9. The van der Waals surface area contributed by atoms with E-state index in [1.54, 1.807) is 12.4 Å². The summed E-state index contributed by atoms with van der Waals surface area (Å²) < 4.78 is 11.8. The van der Waals surface area contributed by atoms with E-state index in [0.29, 0.717) is 24.3 Å². The van der Waals surface area contributed by atoms with Crippen molar-refractivity contribution in [3.8, 4) is 34.3 Å². The first-order chi connectivity index (χ1) is 22.8. The molecule has 2 unspecified atom stereocenters. The average molecular weight is 629 g/mol. The minimum atomic E-state index is -0.671. The maximum Gasteiger partial charge on any atom is 0.137 e. The summed E-state index contributed by atoms with van der Waals surface area (Å²) >= 11 is 0. The molecule has 0 aliphatic heterocycles. The molecule has 240 valence electrons. The molecule has 0 saturated heterocycles. The predicted molar refractivity (Wildman–Crippen MR) is 183 cm³/mol. The minimum absolute atomic E-state index is 0.176. The number of benzene rings is 4. The van der Waals surface area contributed by atoms with Gasteiger partial charge in [0.15, 0.2) is 0 Å². The van der Waals surface area contributed by atoms with Crippen molar-refractivity contribution in [2.75, 3.05) is 13.2 Å². The van der Waals surface area contributed by atoms with Crippen LogP contribution in [0.4, 0.5) is 0 Å². The number of hydrogen-bond donors (Lipinski definition) is 4. The summed E-state index contributed by atoms with van der Waals surface area (Å²) in [6.45, 7) is 4.70. The van der Waals surface area contributed by atoms with Crippen molar-refractivity contribution in [3.63, 3.8) is 0 Å². The van der Waals surface area contributed by atoms with Gasteiger partial charge in [-0.15, -0.1) is 0 Å². The fourth-order valence-electron chi connectivity index (χ4n) is 5.52. The van der Waals surface area contributed by atoms with E-state index in [1.807, 2.05) is 84.9 Å². The van der Waals surface area contributed by atoms with Crippen LogP contribution in [0.15, 0.2) is 122 Å². The Hall–Kier alpha value is -5.18. The van der Waals surface area contributed by atoms with Crippen LogP contribution in [0.5, 0.6) is 11.5 Å². The highest BCUT2D eigenvalue weighted by atomic mass is 16.5. The molecule has 6 aromatic rings. The van der Waals surface area contributed by atoms with Crippen molar-refractivity contribution in [3.05, 3.63) is 144 Å². The number of aromatic amines is 2. The fourth-order valence-corrected chi connectivity index (χ4v) is 5.52. The van der Waals surface area contributed by atoms with Gasteiger partial charge in [-0.1, -0.05) is 98.8 Å². The molecule has 4 aromatic carbocycles. The molecule has 2 heterocycles. The van der Waals surface area contributed by atoms with E-state index in [4.69, 9.17) is 9.47 Å². The molecule has 2 aromatic heterocycles. The number of aromatic nitrogens is 4. The molecular formula is C39H40N4O4. The first-order valence-corrected chi connectivity index (χ1v) is 15.8. The number of nitrogens with one attached hydrogen (secondary N) is 2. The van der Waals surface area contributed by atoms with Crippen LogP contribution in [0.1, 0.15) is 36.4 Å². The molecule has 47 heavy (non-hydrogen) atoms. The van der Waals surface area contributed by atoms with Gasteiger partial charge < -0.3 is 29.7 Å². The Kier molecular flexibility index (Phi) is 9.80. The lowest BCUT2D eigenvalue weighted by molar-refractivity contribution is 0.107. The van der Waals surface area contributed by atoms with Crippen molar-refractivity contribution in [1.29, 1.82) is 0 Å². The molecule has 8 nitrogen and oxygen atoms in total. The van der Waals surface area contributed by atoms with E-state index in [-0.39, 0.29) is 18.6 Å². The highest BCUT2D eigenvalue weighted by Gasteiger charge is 2.23. The molecule has 0 fully saturated rings. The van der Waals surface area contributed by atoms with Crippen LogP contribution in [-0.2, 0) is 18.3 Å². The van der Waals surface area contributed by atoms with Crippen molar-refractivity contribution in [1.82, 2.24) is 19.9 Å². The SMILES string of the molecule is CC(C)(c1ccc(OCC(O)Cc2cnc(-c3ccccc3)[nH]2)cc1)c1ccc(OCC(O)Cc2cnc(-c3ccccc3)[nH]2)cc1. The minimum Gasteiger partial charge on any atom is -0.491 e. The van der Waals surface area contributed by atoms with Crippen LogP contribution in [0.2, 0.25) is 0 Å². The summed E-state index contributed by atoms with van der Waals surface area (Å²) in [4.78, 5) is 15.4. The maximum atomic E-state index is 10.6. The Balaban J connectivity index is 0.968. The second-order valence-corrected chi connectivity index (χ2v) is 12.3. The average Bonchev–Trinajstić information content (AvgIpc) is 3.78. The molecule has 0 radical (unpaired) electrons. The van der Waals surface area contributed by atoms with Crippen molar-refractivity contribution < 1.29 is 19.7 Å². The fraction of sp³-hybridized carbons (Fsp3) is 0.231. The van der Waals surface area contributed by atoms with E-state index in [0.717, 1.165) is 45.3 Å². The van der Waals surface area contributed by atoms with Gasteiger partial charge in [0.1, 0.15) is 36.4 Å². The van der Waals surface area contributed by atoms with Gasteiger partial charge in [0.05, 0.1) is 12.2 Å². The smallest absolute Gasteiger partial charge is 0.137 e. The maximum absolute atomic E-state index is 10.6. The summed E-state index contributed by atoms with van der Waals surface area (Å²) in [6.07, 6.45) is 3.01. The third kappa shape index (κ3) is 8.16. The quantitative estimate of drug-likeness (QED) is 0.106. The highest BCUT2D eigenvalue weighted by molar-refractivity contribution is 5.55. The molecule has 0 amide bonds. The molecule has 0 spiro atoms. The Bertz CT molecular complexity index is 1700. The van der Waals surface area contributed by atoms with Crippen LogP contribution < -0.4 is 9.47 Å². The molecule has 6 rings (SSSR count). The molecule has 0 saturated carbocycles. The second kappa shape index (κ2) is 14.5. The number of ether oxygens (including phenoxy) is 2. The van der Waals surface area contributed by atoms with Crippen LogP contribution >= 0.6 is 0 Å². The van der Waals surface area contributed by atoms with E-state index in [2.05, 4.69) is 58.0 Å². The number of nitrogens with zero attached hydrogens (tertiary/aromatic N) is 2. The van der Waals surface area contributed by atoms with Gasteiger partial charge in [0.2, 0.25) is 0 Å². The summed E-state index contributed by atoms with van der Waals surface area (Å²) in [5.41, 5.74) is 5.74. The molecule has 0 aliphatic carbocycles. The van der Waals surface area contributed by atoms with Gasteiger partial charge in [-0.2, -0.15) is 0 Å². The Labute approximate surface area is 275 Å². The third-order valence-corrected chi connectivity index (χ3v) is 8.30. The van der Waals surface area contributed by atoms with Crippen LogP contribution in [0.25, 0.3) is 22.8 Å². The number of H-pyrrole nitrogens is 2. The molecule has 4 N–H and O–H groups in total. The van der Waals surface area contributed by atoms with Crippen LogP contribution in [-0.4, -0.2) is 55.6 Å². The zero-order valence-electron chi connectivity index (χ0n) is 26.6. The summed E-state index contributed by atoms with van der Waals surface area (Å²) in [6, 6.07) is 35.8. The van der Waals surface area contributed by atoms with E-state index >= 15 is 0 Å². The van der Waals surface area contributed by atoms with Gasteiger partial charge in [-0.05, 0) is 35.4 Å². The highest BCUT2D eigenvalue weighted by Crippen LogP contribution is 2.33. The van der Waals surface area contributed by atoms with Crippen molar-refractivity contribution in [2.24, 2.45) is 0 Å². The number of aliphatic hydroxyl groups is 2. The molecular weight excluding hydrogens is 588 g/mol. The largest absolute Gasteiger partial charge is 0.491 e. The third-order valence-electron chi connectivity index (χ3n) is 8.30. The zero-order chi connectivity index (χ0) is 32.6. The summed E-state index contributed by atoms with van der Waals surface area (Å²) in [7, 11) is 0. The summed E-state index contributed by atoms with van der Waals surface area (Å²) in [5, 5.41) is 21.1. The lowest BCUT2D eigenvalue weighted by Crippen LogP contribution is -2.21.